The molecule has 0 spiro atoms. The van der Waals surface area contributed by atoms with Crippen LogP contribution in [0.25, 0.3) is 11.3 Å². The van der Waals surface area contributed by atoms with Crippen LogP contribution in [0.2, 0.25) is 0 Å². The highest BCUT2D eigenvalue weighted by Crippen LogP contribution is 2.23. The first-order chi connectivity index (χ1) is 9.60. The summed E-state index contributed by atoms with van der Waals surface area (Å²) in [6.07, 6.45) is 0.718. The molecule has 2 rings (SSSR count). The molecule has 0 bridgehead atoms. The summed E-state index contributed by atoms with van der Waals surface area (Å²) in [5.74, 6) is 0.449. The monoisotopic (exact) mass is 394 g/mol. The van der Waals surface area contributed by atoms with Crippen LogP contribution in [0.4, 0.5) is 14.7 Å². The molecule has 0 aromatic carbocycles. The molecule has 2 aromatic heterocycles. The second kappa shape index (κ2) is 6.88. The predicted molar refractivity (Wildman–Crippen MR) is 79.5 cm³/mol. The zero-order valence-corrected chi connectivity index (χ0v) is 12.6. The van der Waals surface area contributed by atoms with Crippen LogP contribution in [0.15, 0.2) is 18.5 Å². The van der Waals surface area contributed by atoms with Crippen molar-refractivity contribution in [2.45, 2.75) is 13.0 Å². The van der Waals surface area contributed by atoms with E-state index in [0.29, 0.717) is 34.0 Å². The number of alkyl halides is 2. The molecule has 0 radical (unpaired) electrons. The molecule has 0 saturated heterocycles. The molecule has 20 heavy (non-hydrogen) atoms. The van der Waals surface area contributed by atoms with E-state index < -0.39 is 13.0 Å². The summed E-state index contributed by atoms with van der Waals surface area (Å²) in [6, 6.07) is 1.71. The molecule has 0 aliphatic rings. The molecular weight excluding hydrogens is 381 g/mol. The van der Waals surface area contributed by atoms with Gasteiger partial charge in [-0.25, -0.2) is 18.7 Å². The van der Waals surface area contributed by atoms with Gasteiger partial charge in [0, 0.05) is 25.5 Å². The van der Waals surface area contributed by atoms with E-state index in [1.807, 2.05) is 22.6 Å². The molecular formula is C11H13F2IN6. The lowest BCUT2D eigenvalue weighted by molar-refractivity contribution is 0.121. The van der Waals surface area contributed by atoms with Gasteiger partial charge < -0.3 is 11.1 Å². The molecule has 3 N–H and O–H groups in total. The van der Waals surface area contributed by atoms with E-state index >= 15 is 0 Å². The van der Waals surface area contributed by atoms with Gasteiger partial charge in [-0.05, 0) is 28.7 Å². The van der Waals surface area contributed by atoms with Crippen LogP contribution in [-0.2, 0) is 6.54 Å². The fourth-order valence-electron chi connectivity index (χ4n) is 1.58. The number of hydrogen-bond acceptors (Lipinski definition) is 5. The highest BCUT2D eigenvalue weighted by molar-refractivity contribution is 14.1. The van der Waals surface area contributed by atoms with Crippen LogP contribution in [-0.4, -0.2) is 39.3 Å². The van der Waals surface area contributed by atoms with E-state index in [2.05, 4.69) is 20.4 Å². The van der Waals surface area contributed by atoms with Crippen molar-refractivity contribution in [1.82, 2.24) is 19.7 Å². The fraction of sp³-hybridized carbons (Fsp3) is 0.364. The normalized spacial score (nSPS) is 11.1. The zero-order valence-electron chi connectivity index (χ0n) is 10.4. The van der Waals surface area contributed by atoms with E-state index in [1.54, 1.807) is 18.5 Å². The maximum Gasteiger partial charge on any atom is 0.257 e. The first kappa shape index (κ1) is 15.0. The smallest absolute Gasteiger partial charge is 0.257 e. The van der Waals surface area contributed by atoms with Crippen LogP contribution >= 0.6 is 22.6 Å². The number of nitrogens with two attached hydrogens (primary N) is 1. The summed E-state index contributed by atoms with van der Waals surface area (Å²) in [6.45, 7) is 0.599. The van der Waals surface area contributed by atoms with Crippen molar-refractivity contribution in [3.05, 3.63) is 22.2 Å². The first-order valence-corrected chi connectivity index (χ1v) is 6.96. The Morgan fingerprint density at radius 3 is 2.95 bits per heavy atom. The molecule has 108 valence electrons. The van der Waals surface area contributed by atoms with Crippen molar-refractivity contribution >= 4 is 28.5 Å². The van der Waals surface area contributed by atoms with E-state index in [4.69, 9.17) is 5.73 Å². The van der Waals surface area contributed by atoms with Gasteiger partial charge in [0.15, 0.2) is 0 Å². The molecule has 6 nitrogen and oxygen atoms in total. The molecule has 2 heterocycles. The van der Waals surface area contributed by atoms with Crippen LogP contribution in [0.1, 0.15) is 0 Å². The van der Waals surface area contributed by atoms with E-state index in [1.165, 1.54) is 4.68 Å². The molecule has 0 aliphatic carbocycles. The number of rotatable bonds is 6. The van der Waals surface area contributed by atoms with Gasteiger partial charge in [-0.15, -0.1) is 0 Å². The van der Waals surface area contributed by atoms with Crippen LogP contribution < -0.4 is 11.1 Å². The number of hydrogen-bond donors (Lipinski definition) is 2. The Hall–Kier alpha value is -1.36. The highest BCUT2D eigenvalue weighted by Gasteiger charge is 2.13. The molecule has 0 amide bonds. The van der Waals surface area contributed by atoms with Crippen LogP contribution in [0, 0.1) is 3.70 Å². The second-order valence-corrected chi connectivity index (χ2v) is 4.95. The second-order valence-electron chi connectivity index (χ2n) is 3.93. The minimum Gasteiger partial charge on any atom is -0.353 e. The Bertz CT molecular complexity index is 574. The average Bonchev–Trinajstić information content (AvgIpc) is 2.76. The Morgan fingerprint density at radius 2 is 2.25 bits per heavy atom. The van der Waals surface area contributed by atoms with Crippen molar-refractivity contribution < 1.29 is 8.78 Å². The highest BCUT2D eigenvalue weighted by atomic mass is 127. The summed E-state index contributed by atoms with van der Waals surface area (Å²) in [5, 5.41) is 7.01. The molecule has 0 atom stereocenters. The number of nitrogens with one attached hydrogen (secondary N) is 1. The van der Waals surface area contributed by atoms with Crippen LogP contribution in [0.3, 0.4) is 0 Å². The van der Waals surface area contributed by atoms with E-state index in [-0.39, 0.29) is 0 Å². The van der Waals surface area contributed by atoms with Gasteiger partial charge >= 0.3 is 0 Å². The first-order valence-electron chi connectivity index (χ1n) is 5.88. The van der Waals surface area contributed by atoms with E-state index in [0.717, 1.165) is 0 Å². The lowest BCUT2D eigenvalue weighted by atomic mass is 10.2. The third-order valence-electron chi connectivity index (χ3n) is 2.40. The summed E-state index contributed by atoms with van der Waals surface area (Å²) in [5.41, 5.74) is 6.72. The van der Waals surface area contributed by atoms with E-state index in [9.17, 15) is 8.78 Å². The third-order valence-corrected chi connectivity index (χ3v) is 3.20. The maximum absolute atomic E-state index is 12.4. The standard InChI is InChI=1S/C11H13F2IN6/c12-9(13)6-20-5-7(10(14)19-20)8-1-3-16-11(18-8)17-4-2-15/h1,3,5,9H,2,4,6,15H2,(H,16,17,18). The Labute approximate surface area is 127 Å². The SMILES string of the molecule is NCCNc1nccc(-c2cn(CC(F)F)nc2I)n1. The zero-order chi connectivity index (χ0) is 14.5. The number of anilines is 1. The lowest BCUT2D eigenvalue weighted by Gasteiger charge is -2.04. The molecule has 0 fully saturated rings. The average molecular weight is 394 g/mol. The molecule has 2 aromatic rings. The number of halogens is 3. The molecule has 0 unspecified atom stereocenters. The van der Waals surface area contributed by atoms with Gasteiger partial charge in [-0.3, -0.25) is 4.68 Å². The Kier molecular flexibility index (Phi) is 5.17. The van der Waals surface area contributed by atoms with Gasteiger partial charge in [0.1, 0.15) is 10.2 Å². The van der Waals surface area contributed by atoms with Gasteiger partial charge in [0.05, 0.1) is 11.3 Å². The van der Waals surface area contributed by atoms with Crippen LogP contribution in [0.5, 0.6) is 0 Å². The lowest BCUT2D eigenvalue weighted by Crippen LogP contribution is -2.14. The van der Waals surface area contributed by atoms with Crippen molar-refractivity contribution in [3.8, 4) is 11.3 Å². The van der Waals surface area contributed by atoms with Crippen molar-refractivity contribution in [2.75, 3.05) is 18.4 Å². The van der Waals surface area contributed by atoms with Crippen molar-refractivity contribution in [2.24, 2.45) is 5.73 Å². The van der Waals surface area contributed by atoms with Crippen molar-refractivity contribution in [3.63, 3.8) is 0 Å². The minimum atomic E-state index is -2.44. The topological polar surface area (TPSA) is 81.6 Å². The van der Waals surface area contributed by atoms with Gasteiger partial charge in [0.25, 0.3) is 6.43 Å². The summed E-state index contributed by atoms with van der Waals surface area (Å²) in [7, 11) is 0. The minimum absolute atomic E-state index is 0.431. The molecule has 0 aliphatic heterocycles. The third kappa shape index (κ3) is 3.82. The fourth-order valence-corrected chi connectivity index (χ4v) is 2.28. The number of nitrogens with zero attached hydrogens (tertiary/aromatic N) is 4. The predicted octanol–water partition coefficient (Wildman–Crippen LogP) is 1.58. The quantitative estimate of drug-likeness (QED) is 0.728. The summed E-state index contributed by atoms with van der Waals surface area (Å²) < 4.78 is 26.5. The Morgan fingerprint density at radius 1 is 1.45 bits per heavy atom. The van der Waals surface area contributed by atoms with Gasteiger partial charge in [-0.2, -0.15) is 5.10 Å². The van der Waals surface area contributed by atoms with Crippen molar-refractivity contribution in [1.29, 1.82) is 0 Å². The van der Waals surface area contributed by atoms with Gasteiger partial charge in [0.2, 0.25) is 5.95 Å². The Balaban J connectivity index is 2.24. The maximum atomic E-state index is 12.4. The molecule has 9 heteroatoms. The summed E-state index contributed by atoms with van der Waals surface area (Å²) in [4.78, 5) is 8.37. The van der Waals surface area contributed by atoms with Gasteiger partial charge in [-0.1, -0.05) is 0 Å². The largest absolute Gasteiger partial charge is 0.353 e. The number of aromatic nitrogens is 4. The molecule has 0 saturated carbocycles. The summed E-state index contributed by atoms with van der Waals surface area (Å²) >= 11 is 1.99.